The molecule has 0 aliphatic carbocycles. The van der Waals surface area contributed by atoms with E-state index in [0.717, 1.165) is 44.6 Å². The number of carbonyl (C=O) groups excluding carboxylic acids is 1. The topological polar surface area (TPSA) is 41.1 Å². The number of alkyl halides is 1. The van der Waals surface area contributed by atoms with Crippen molar-refractivity contribution in [2.45, 2.75) is 39.5 Å². The van der Waals surface area contributed by atoms with Gasteiger partial charge in [0.2, 0.25) is 0 Å². The SMILES string of the molecule is CCCCNC(=CC(=O)CCl)NCCCC. The van der Waals surface area contributed by atoms with Crippen LogP contribution in [0.3, 0.4) is 0 Å². The van der Waals surface area contributed by atoms with Crippen LogP contribution in [0, 0.1) is 0 Å². The quantitative estimate of drug-likeness (QED) is 0.353. The van der Waals surface area contributed by atoms with Gasteiger partial charge in [0.05, 0.1) is 5.88 Å². The molecule has 0 fully saturated rings. The summed E-state index contributed by atoms with van der Waals surface area (Å²) in [5.74, 6) is 0.770. The molecule has 0 atom stereocenters. The van der Waals surface area contributed by atoms with Gasteiger partial charge >= 0.3 is 0 Å². The zero-order valence-corrected chi connectivity index (χ0v) is 11.1. The second-order valence-corrected chi connectivity index (χ2v) is 3.99. The molecule has 0 unspecified atom stereocenters. The fraction of sp³-hybridized carbons (Fsp3) is 0.750. The van der Waals surface area contributed by atoms with Gasteiger partial charge in [0.25, 0.3) is 0 Å². The molecule has 0 rings (SSSR count). The van der Waals surface area contributed by atoms with Gasteiger partial charge in [-0.1, -0.05) is 26.7 Å². The Bertz CT molecular complexity index is 205. The van der Waals surface area contributed by atoms with Gasteiger partial charge in [-0.25, -0.2) is 0 Å². The summed E-state index contributed by atoms with van der Waals surface area (Å²) in [7, 11) is 0. The third kappa shape index (κ3) is 8.60. The molecule has 0 aromatic heterocycles. The van der Waals surface area contributed by atoms with Crippen LogP contribution in [0.1, 0.15) is 39.5 Å². The maximum absolute atomic E-state index is 11.2. The highest BCUT2D eigenvalue weighted by Gasteiger charge is 1.99. The lowest BCUT2D eigenvalue weighted by atomic mass is 10.3. The summed E-state index contributed by atoms with van der Waals surface area (Å²) in [4.78, 5) is 11.2. The fourth-order valence-electron chi connectivity index (χ4n) is 1.16. The second kappa shape index (κ2) is 10.8. The Morgan fingerprint density at radius 1 is 1.12 bits per heavy atom. The summed E-state index contributed by atoms with van der Waals surface area (Å²) in [6.45, 7) is 6.05. The van der Waals surface area contributed by atoms with Crippen molar-refractivity contribution in [2.24, 2.45) is 0 Å². The predicted octanol–water partition coefficient (Wildman–Crippen LogP) is 2.42. The molecule has 0 saturated heterocycles. The molecular formula is C12H23ClN2O. The zero-order chi connectivity index (χ0) is 12.2. The van der Waals surface area contributed by atoms with Gasteiger partial charge in [-0.3, -0.25) is 4.79 Å². The van der Waals surface area contributed by atoms with E-state index in [9.17, 15) is 4.79 Å². The maximum atomic E-state index is 11.2. The Hall–Kier alpha value is -0.700. The van der Waals surface area contributed by atoms with E-state index in [1.807, 2.05) is 0 Å². The lowest BCUT2D eigenvalue weighted by Crippen LogP contribution is -2.29. The van der Waals surface area contributed by atoms with Gasteiger partial charge in [-0.2, -0.15) is 0 Å². The lowest BCUT2D eigenvalue weighted by molar-refractivity contribution is -0.112. The molecule has 0 saturated carbocycles. The first kappa shape index (κ1) is 15.3. The molecular weight excluding hydrogens is 224 g/mol. The molecule has 0 aromatic carbocycles. The maximum Gasteiger partial charge on any atom is 0.173 e. The van der Waals surface area contributed by atoms with Crippen molar-refractivity contribution in [1.29, 1.82) is 0 Å². The van der Waals surface area contributed by atoms with Crippen LogP contribution < -0.4 is 10.6 Å². The van der Waals surface area contributed by atoms with E-state index in [1.54, 1.807) is 6.08 Å². The number of unbranched alkanes of at least 4 members (excludes halogenated alkanes) is 2. The number of ketones is 1. The molecule has 16 heavy (non-hydrogen) atoms. The van der Waals surface area contributed by atoms with Crippen LogP contribution in [0.15, 0.2) is 11.9 Å². The number of carbonyl (C=O) groups is 1. The minimum atomic E-state index is -0.0651. The third-order valence-corrected chi connectivity index (χ3v) is 2.39. The summed E-state index contributed by atoms with van der Waals surface area (Å²) < 4.78 is 0. The van der Waals surface area contributed by atoms with Gasteiger partial charge in [-0.15, -0.1) is 11.6 Å². The molecule has 0 bridgehead atoms. The minimum absolute atomic E-state index is 0.0361. The van der Waals surface area contributed by atoms with Crippen molar-refractivity contribution in [3.05, 3.63) is 11.9 Å². The molecule has 0 aliphatic rings. The van der Waals surface area contributed by atoms with Gasteiger partial charge in [0.1, 0.15) is 5.82 Å². The van der Waals surface area contributed by atoms with E-state index in [0.29, 0.717) is 0 Å². The minimum Gasteiger partial charge on any atom is -0.372 e. The molecule has 0 aromatic rings. The average Bonchev–Trinajstić information content (AvgIpc) is 2.29. The number of hydrogen-bond acceptors (Lipinski definition) is 3. The zero-order valence-electron chi connectivity index (χ0n) is 10.3. The Kier molecular flexibility index (Phi) is 10.3. The standard InChI is InChI=1S/C12H23ClN2O/c1-3-5-7-14-12(9-11(16)10-13)15-8-6-4-2/h9,14-15H,3-8,10H2,1-2H3. The molecule has 2 N–H and O–H groups in total. The van der Waals surface area contributed by atoms with Crippen molar-refractivity contribution in [3.8, 4) is 0 Å². The average molecular weight is 247 g/mol. The summed E-state index contributed by atoms with van der Waals surface area (Å²) >= 11 is 5.47. The first-order valence-electron chi connectivity index (χ1n) is 6.02. The number of rotatable bonds is 10. The Morgan fingerprint density at radius 2 is 1.62 bits per heavy atom. The number of hydrogen-bond donors (Lipinski definition) is 2. The van der Waals surface area contributed by atoms with Crippen LogP contribution >= 0.6 is 11.6 Å². The van der Waals surface area contributed by atoms with Gasteiger partial charge in [0.15, 0.2) is 5.78 Å². The van der Waals surface area contributed by atoms with Crippen LogP contribution in [0.25, 0.3) is 0 Å². The largest absolute Gasteiger partial charge is 0.372 e. The van der Waals surface area contributed by atoms with Crippen LogP contribution in [0.2, 0.25) is 0 Å². The molecule has 0 radical (unpaired) electrons. The van der Waals surface area contributed by atoms with E-state index in [1.165, 1.54) is 0 Å². The van der Waals surface area contributed by atoms with Crippen molar-refractivity contribution in [3.63, 3.8) is 0 Å². The van der Waals surface area contributed by atoms with E-state index >= 15 is 0 Å². The number of halogens is 1. The highest BCUT2D eigenvalue weighted by Crippen LogP contribution is 1.92. The molecule has 4 heteroatoms. The molecule has 0 amide bonds. The van der Waals surface area contributed by atoms with Crippen LogP contribution in [-0.2, 0) is 4.79 Å². The lowest BCUT2D eigenvalue weighted by Gasteiger charge is -2.12. The summed E-state index contributed by atoms with van der Waals surface area (Å²) in [5.41, 5.74) is 0. The van der Waals surface area contributed by atoms with E-state index in [2.05, 4.69) is 24.5 Å². The molecule has 0 aliphatic heterocycles. The van der Waals surface area contributed by atoms with Gasteiger partial charge in [-0.05, 0) is 12.8 Å². The van der Waals surface area contributed by atoms with Crippen LogP contribution in [0.5, 0.6) is 0 Å². The highest BCUT2D eigenvalue weighted by atomic mass is 35.5. The van der Waals surface area contributed by atoms with Gasteiger partial charge in [0, 0.05) is 19.2 Å². The number of nitrogens with one attached hydrogen (secondary N) is 2. The smallest absolute Gasteiger partial charge is 0.173 e. The first-order valence-corrected chi connectivity index (χ1v) is 6.56. The Balaban J connectivity index is 4.04. The monoisotopic (exact) mass is 246 g/mol. The van der Waals surface area contributed by atoms with E-state index in [4.69, 9.17) is 11.6 Å². The predicted molar refractivity (Wildman–Crippen MR) is 69.6 cm³/mol. The van der Waals surface area contributed by atoms with Crippen molar-refractivity contribution in [2.75, 3.05) is 19.0 Å². The van der Waals surface area contributed by atoms with Crippen molar-refractivity contribution < 1.29 is 4.79 Å². The summed E-state index contributed by atoms with van der Waals surface area (Å²) in [6.07, 6.45) is 6.03. The summed E-state index contributed by atoms with van der Waals surface area (Å²) in [5, 5.41) is 6.43. The van der Waals surface area contributed by atoms with Crippen molar-refractivity contribution in [1.82, 2.24) is 10.6 Å². The first-order chi connectivity index (χ1) is 7.74. The second-order valence-electron chi connectivity index (χ2n) is 3.72. The Morgan fingerprint density at radius 3 is 2.00 bits per heavy atom. The van der Waals surface area contributed by atoms with E-state index in [-0.39, 0.29) is 11.7 Å². The van der Waals surface area contributed by atoms with Crippen LogP contribution in [-0.4, -0.2) is 24.8 Å². The molecule has 0 heterocycles. The molecule has 94 valence electrons. The van der Waals surface area contributed by atoms with Crippen LogP contribution in [0.4, 0.5) is 0 Å². The van der Waals surface area contributed by atoms with E-state index < -0.39 is 0 Å². The molecule has 3 nitrogen and oxygen atoms in total. The Labute approximate surface area is 104 Å². The normalized spacial score (nSPS) is 9.69. The summed E-state index contributed by atoms with van der Waals surface area (Å²) in [6, 6.07) is 0. The fourth-order valence-corrected chi connectivity index (χ4v) is 1.24. The number of allylic oxidation sites excluding steroid dienone is 1. The molecule has 0 spiro atoms. The highest BCUT2D eigenvalue weighted by molar-refractivity contribution is 6.29. The third-order valence-electron chi connectivity index (χ3n) is 2.13. The van der Waals surface area contributed by atoms with Crippen molar-refractivity contribution >= 4 is 17.4 Å². The van der Waals surface area contributed by atoms with Gasteiger partial charge < -0.3 is 10.6 Å².